The number of rotatable bonds is 6. The van der Waals surface area contributed by atoms with Gasteiger partial charge in [-0.2, -0.15) is 4.57 Å². The molecule has 0 aliphatic heterocycles. The number of aryl methyl sites for hydroxylation is 2. The van der Waals surface area contributed by atoms with Crippen molar-refractivity contribution in [3.8, 4) is 16.9 Å². The van der Waals surface area contributed by atoms with Gasteiger partial charge in [0, 0.05) is 11.3 Å². The molecule has 1 amide bonds. The summed E-state index contributed by atoms with van der Waals surface area (Å²) in [6.07, 6.45) is 2.08. The van der Waals surface area contributed by atoms with Gasteiger partial charge in [-0.1, -0.05) is 66.2 Å². The molecule has 4 rings (SSSR count). The highest BCUT2D eigenvalue weighted by atomic mass is 32.2. The molecule has 0 bridgehead atoms. The summed E-state index contributed by atoms with van der Waals surface area (Å²) < 4.78 is 2.10. The first-order chi connectivity index (χ1) is 14.6. The van der Waals surface area contributed by atoms with Crippen molar-refractivity contribution in [2.45, 2.75) is 19.0 Å². The minimum absolute atomic E-state index is 0.0274. The highest BCUT2D eigenvalue weighted by Gasteiger charge is 2.20. The van der Waals surface area contributed by atoms with E-state index in [1.54, 1.807) is 0 Å². The number of imidazole rings is 1. The Labute approximate surface area is 181 Å². The second-order valence-electron chi connectivity index (χ2n) is 7.20. The van der Waals surface area contributed by atoms with E-state index in [1.807, 2.05) is 49.4 Å². The van der Waals surface area contributed by atoms with E-state index in [0.29, 0.717) is 5.75 Å². The average Bonchev–Trinajstić information content (AvgIpc) is 3.19. The van der Waals surface area contributed by atoms with Crippen molar-refractivity contribution in [2.75, 3.05) is 11.1 Å². The number of nitrogens with one attached hydrogen (secondary N) is 2. The molecule has 0 radical (unpaired) electrons. The number of benzene rings is 3. The van der Waals surface area contributed by atoms with Crippen LogP contribution >= 0.6 is 11.8 Å². The number of nitrogens with zero attached hydrogens (tertiary/aromatic N) is 1. The lowest BCUT2D eigenvalue weighted by Crippen LogP contribution is -2.31. The molecule has 30 heavy (non-hydrogen) atoms. The summed E-state index contributed by atoms with van der Waals surface area (Å²) in [5.41, 5.74) is 6.31. The third-order valence-corrected chi connectivity index (χ3v) is 5.85. The van der Waals surface area contributed by atoms with Crippen molar-refractivity contribution in [3.05, 3.63) is 96.2 Å². The highest BCUT2D eigenvalue weighted by molar-refractivity contribution is 7.99. The summed E-state index contributed by atoms with van der Waals surface area (Å²) in [6.45, 7) is 4.07. The van der Waals surface area contributed by atoms with Gasteiger partial charge in [-0.25, -0.2) is 4.98 Å². The number of carbonyl (C=O) groups excluding carboxylic acids is 1. The zero-order valence-electron chi connectivity index (χ0n) is 17.1. The van der Waals surface area contributed by atoms with Crippen LogP contribution in [0.2, 0.25) is 0 Å². The molecule has 2 N–H and O–H groups in total. The molecule has 0 spiro atoms. The van der Waals surface area contributed by atoms with Crippen molar-refractivity contribution in [3.63, 3.8) is 0 Å². The summed E-state index contributed by atoms with van der Waals surface area (Å²) in [5.74, 6) is 0.287. The van der Waals surface area contributed by atoms with E-state index in [1.165, 1.54) is 17.3 Å². The molecule has 0 saturated carbocycles. The Morgan fingerprint density at radius 1 is 0.933 bits per heavy atom. The number of H-pyrrole nitrogens is 1. The van der Waals surface area contributed by atoms with Gasteiger partial charge in [0.05, 0.1) is 5.75 Å². The van der Waals surface area contributed by atoms with Gasteiger partial charge in [0.25, 0.3) is 0 Å². The van der Waals surface area contributed by atoms with E-state index in [9.17, 15) is 4.79 Å². The number of hydrogen-bond donors (Lipinski definition) is 2. The standard InChI is InChI=1S/C25H23N3OS/c1-18-12-14-20(15-13-18)23-16-28(21-9-4-3-5-10-21)25(27-23)30-17-24(29)26-22-11-7-6-8-19(22)2/h3-16H,17H2,1-2H3,(H,26,29)/p+1. The topological polar surface area (TPSA) is 48.8 Å². The molecule has 1 heterocycles. The van der Waals surface area contributed by atoms with Gasteiger partial charge in [-0.05, 0) is 49.4 Å². The van der Waals surface area contributed by atoms with E-state index in [2.05, 4.69) is 64.4 Å². The summed E-state index contributed by atoms with van der Waals surface area (Å²) in [7, 11) is 0. The third-order valence-electron chi connectivity index (χ3n) is 4.87. The van der Waals surface area contributed by atoms with Gasteiger partial charge in [0.15, 0.2) is 5.69 Å². The molecule has 5 heteroatoms. The summed E-state index contributed by atoms with van der Waals surface area (Å²) >= 11 is 1.49. The molecule has 3 aromatic carbocycles. The van der Waals surface area contributed by atoms with Crippen LogP contribution in [0.5, 0.6) is 0 Å². The van der Waals surface area contributed by atoms with Crippen LogP contribution in [-0.4, -0.2) is 16.6 Å². The van der Waals surface area contributed by atoms with E-state index < -0.39 is 0 Å². The van der Waals surface area contributed by atoms with Crippen LogP contribution in [0.15, 0.2) is 90.2 Å². The fraction of sp³-hybridized carbons (Fsp3) is 0.120. The molecule has 0 aliphatic carbocycles. The number of para-hydroxylation sites is 2. The molecule has 0 unspecified atom stereocenters. The van der Waals surface area contributed by atoms with E-state index in [-0.39, 0.29) is 5.91 Å². The normalized spacial score (nSPS) is 10.7. The maximum Gasteiger partial charge on any atom is 0.321 e. The number of carbonyl (C=O) groups is 1. The molecule has 0 aliphatic rings. The van der Waals surface area contributed by atoms with Crippen molar-refractivity contribution in [1.29, 1.82) is 0 Å². The minimum atomic E-state index is -0.0274. The lowest BCUT2D eigenvalue weighted by Gasteiger charge is -2.07. The van der Waals surface area contributed by atoms with Crippen LogP contribution in [0.25, 0.3) is 16.9 Å². The zero-order valence-corrected chi connectivity index (χ0v) is 17.9. The van der Waals surface area contributed by atoms with Gasteiger partial charge in [-0.15, -0.1) is 0 Å². The first-order valence-corrected chi connectivity index (χ1v) is 10.8. The van der Waals surface area contributed by atoms with Crippen molar-refractivity contribution in [2.24, 2.45) is 0 Å². The van der Waals surface area contributed by atoms with Gasteiger partial charge in [-0.3, -0.25) is 4.79 Å². The fourth-order valence-electron chi connectivity index (χ4n) is 3.19. The Kier molecular flexibility index (Phi) is 6.00. The minimum Gasteiger partial charge on any atom is -0.325 e. The van der Waals surface area contributed by atoms with Crippen LogP contribution in [0.4, 0.5) is 5.69 Å². The van der Waals surface area contributed by atoms with Gasteiger partial charge < -0.3 is 5.32 Å². The Bertz CT molecular complexity index is 1150. The maximum absolute atomic E-state index is 12.5. The highest BCUT2D eigenvalue weighted by Crippen LogP contribution is 2.23. The number of aromatic amines is 1. The van der Waals surface area contributed by atoms with Crippen LogP contribution in [0.1, 0.15) is 11.1 Å². The Balaban J connectivity index is 1.57. The van der Waals surface area contributed by atoms with E-state index >= 15 is 0 Å². The average molecular weight is 415 g/mol. The predicted octanol–water partition coefficient (Wildman–Crippen LogP) is 5.31. The van der Waals surface area contributed by atoms with Crippen LogP contribution in [0, 0.1) is 13.8 Å². The number of thioether (sulfide) groups is 1. The second kappa shape index (κ2) is 9.01. The smallest absolute Gasteiger partial charge is 0.321 e. The van der Waals surface area contributed by atoms with E-state index in [4.69, 9.17) is 0 Å². The molecular formula is C25H24N3OS+. The molecule has 0 fully saturated rings. The maximum atomic E-state index is 12.5. The number of hydrogen-bond acceptors (Lipinski definition) is 2. The number of anilines is 1. The lowest BCUT2D eigenvalue weighted by molar-refractivity contribution is -0.634. The SMILES string of the molecule is Cc1ccc(-c2c[n+](-c3ccccc3)c(SCC(=O)Nc3ccccc3C)[nH]2)cc1. The number of amides is 1. The Hall–Kier alpha value is -3.31. The van der Waals surface area contributed by atoms with Crippen molar-refractivity contribution in [1.82, 2.24) is 4.98 Å². The van der Waals surface area contributed by atoms with Crippen LogP contribution < -0.4 is 9.88 Å². The van der Waals surface area contributed by atoms with Crippen LogP contribution in [0.3, 0.4) is 0 Å². The second-order valence-corrected chi connectivity index (χ2v) is 8.16. The van der Waals surface area contributed by atoms with Crippen molar-refractivity contribution >= 4 is 23.4 Å². The monoisotopic (exact) mass is 414 g/mol. The summed E-state index contributed by atoms with van der Waals surface area (Å²) in [6, 6.07) is 26.4. The molecule has 0 atom stereocenters. The first kappa shape index (κ1) is 20.0. The lowest BCUT2D eigenvalue weighted by atomic mass is 10.1. The molecule has 150 valence electrons. The summed E-state index contributed by atoms with van der Waals surface area (Å²) in [4.78, 5) is 16.0. The first-order valence-electron chi connectivity index (χ1n) is 9.85. The zero-order chi connectivity index (χ0) is 20.9. The largest absolute Gasteiger partial charge is 0.325 e. The Morgan fingerprint density at radius 2 is 1.63 bits per heavy atom. The van der Waals surface area contributed by atoms with Gasteiger partial charge in [0.2, 0.25) is 5.91 Å². The van der Waals surface area contributed by atoms with Crippen LogP contribution in [-0.2, 0) is 4.79 Å². The van der Waals surface area contributed by atoms with Gasteiger partial charge in [0.1, 0.15) is 11.9 Å². The number of aromatic nitrogens is 2. The quantitative estimate of drug-likeness (QED) is 0.332. The fourth-order valence-corrected chi connectivity index (χ4v) is 4.01. The molecule has 0 saturated heterocycles. The predicted molar refractivity (Wildman–Crippen MR) is 123 cm³/mol. The molecule has 1 aromatic heterocycles. The van der Waals surface area contributed by atoms with Gasteiger partial charge >= 0.3 is 5.16 Å². The Morgan fingerprint density at radius 3 is 2.37 bits per heavy atom. The molecular weight excluding hydrogens is 390 g/mol. The van der Waals surface area contributed by atoms with E-state index in [0.717, 1.165) is 33.4 Å². The summed E-state index contributed by atoms with van der Waals surface area (Å²) in [5, 5.41) is 3.92. The van der Waals surface area contributed by atoms with Crippen molar-refractivity contribution < 1.29 is 9.36 Å². The third kappa shape index (κ3) is 4.63. The molecule has 4 nitrogen and oxygen atoms in total. The molecule has 4 aromatic rings.